The molecule has 5 aromatic carbocycles. The lowest BCUT2D eigenvalue weighted by Crippen LogP contribution is -1.93. The van der Waals surface area contributed by atoms with Crippen molar-refractivity contribution in [3.8, 4) is 16.8 Å². The molecule has 4 heteroatoms. The number of hydrogen-bond donors (Lipinski definition) is 0. The lowest BCUT2D eigenvalue weighted by atomic mass is 9.98. The molecule has 0 saturated carbocycles. The Balaban J connectivity index is 1.30. The summed E-state index contributed by atoms with van der Waals surface area (Å²) in [7, 11) is 0. The second-order valence-electron chi connectivity index (χ2n) is 11.1. The van der Waals surface area contributed by atoms with Crippen LogP contribution >= 0.6 is 0 Å². The van der Waals surface area contributed by atoms with Crippen molar-refractivity contribution in [1.29, 1.82) is 0 Å². The van der Waals surface area contributed by atoms with Gasteiger partial charge in [-0.15, -0.1) is 0 Å². The number of benzene rings is 5. The Labute approximate surface area is 234 Å². The molecule has 4 nitrogen and oxygen atoms in total. The Morgan fingerprint density at radius 2 is 1.29 bits per heavy atom. The van der Waals surface area contributed by atoms with E-state index in [0.717, 1.165) is 34.0 Å². The monoisotopic (exact) mass is 522 g/mol. The predicted molar refractivity (Wildman–Crippen MR) is 168 cm³/mol. The molecule has 0 saturated heterocycles. The third kappa shape index (κ3) is 2.74. The molecule has 4 heterocycles. The van der Waals surface area contributed by atoms with E-state index < -0.39 is 0 Å². The van der Waals surface area contributed by atoms with Crippen LogP contribution in [-0.4, -0.2) is 18.9 Å². The predicted octanol–water partition coefficient (Wildman–Crippen LogP) is 8.86. The van der Waals surface area contributed by atoms with Gasteiger partial charge in [-0.3, -0.25) is 9.38 Å². The van der Waals surface area contributed by atoms with Crippen LogP contribution in [0.25, 0.3) is 77.0 Å². The van der Waals surface area contributed by atoms with E-state index in [1.54, 1.807) is 0 Å². The second kappa shape index (κ2) is 7.58. The van der Waals surface area contributed by atoms with E-state index >= 15 is 0 Å². The van der Waals surface area contributed by atoms with Crippen molar-refractivity contribution in [3.05, 3.63) is 133 Å². The molecule has 0 aliphatic heterocycles. The summed E-state index contributed by atoms with van der Waals surface area (Å²) in [6.45, 7) is 0. The van der Waals surface area contributed by atoms with Gasteiger partial charge < -0.3 is 4.57 Å². The largest absolute Gasteiger partial charge is 0.309 e. The number of imidazole rings is 1. The van der Waals surface area contributed by atoms with Crippen molar-refractivity contribution >= 4 is 60.2 Å². The van der Waals surface area contributed by atoms with E-state index in [2.05, 4.69) is 123 Å². The fourth-order valence-corrected chi connectivity index (χ4v) is 7.21. The molecule has 1 aliphatic carbocycles. The normalized spacial score (nSPS) is 12.8. The summed E-state index contributed by atoms with van der Waals surface area (Å²) in [6, 6.07) is 39.6. The van der Waals surface area contributed by atoms with Crippen LogP contribution in [0.4, 0.5) is 0 Å². The Morgan fingerprint density at radius 1 is 0.537 bits per heavy atom. The van der Waals surface area contributed by atoms with Gasteiger partial charge in [0.05, 0.1) is 27.6 Å². The molecule has 0 fully saturated rings. The number of nitrogens with zero attached hydrogens (tertiary/aromatic N) is 4. The molecule has 0 unspecified atom stereocenters. The first-order chi connectivity index (χ1) is 20.3. The molecule has 0 spiro atoms. The van der Waals surface area contributed by atoms with E-state index in [0.29, 0.717) is 0 Å². The van der Waals surface area contributed by atoms with E-state index in [1.807, 2.05) is 12.4 Å². The van der Waals surface area contributed by atoms with Gasteiger partial charge in [0.25, 0.3) is 0 Å². The molecule has 41 heavy (non-hydrogen) atoms. The first-order valence-corrected chi connectivity index (χ1v) is 14.0. The lowest BCUT2D eigenvalue weighted by Gasteiger charge is -2.11. The first-order valence-electron chi connectivity index (χ1n) is 14.0. The quantitative estimate of drug-likeness (QED) is 0.202. The van der Waals surface area contributed by atoms with Gasteiger partial charge in [0.2, 0.25) is 0 Å². The Kier molecular flexibility index (Phi) is 3.95. The van der Waals surface area contributed by atoms with E-state index in [9.17, 15) is 0 Å². The van der Waals surface area contributed by atoms with E-state index in [1.165, 1.54) is 60.5 Å². The number of pyridine rings is 2. The number of fused-ring (bicyclic) bond motifs is 14. The highest BCUT2D eigenvalue weighted by molar-refractivity contribution is 6.16. The van der Waals surface area contributed by atoms with Crippen LogP contribution in [0.2, 0.25) is 0 Å². The number of aromatic nitrogens is 4. The van der Waals surface area contributed by atoms with Gasteiger partial charge in [-0.1, -0.05) is 48.5 Å². The number of hydrogen-bond acceptors (Lipinski definition) is 2. The zero-order valence-electron chi connectivity index (χ0n) is 22.0. The minimum Gasteiger partial charge on any atom is -0.309 e. The van der Waals surface area contributed by atoms with Crippen LogP contribution < -0.4 is 0 Å². The van der Waals surface area contributed by atoms with Gasteiger partial charge >= 0.3 is 0 Å². The summed E-state index contributed by atoms with van der Waals surface area (Å²) in [5.74, 6) is 0. The molecular weight excluding hydrogens is 500 g/mol. The van der Waals surface area contributed by atoms with E-state index in [4.69, 9.17) is 4.98 Å². The molecule has 0 amide bonds. The highest BCUT2D eigenvalue weighted by Gasteiger charge is 2.24. The average Bonchev–Trinajstić information content (AvgIpc) is 3.69. The summed E-state index contributed by atoms with van der Waals surface area (Å²) in [5, 5.41) is 6.10. The van der Waals surface area contributed by atoms with Crippen LogP contribution in [0, 0.1) is 0 Å². The molecule has 9 aromatic rings. The number of para-hydroxylation sites is 4. The van der Waals surface area contributed by atoms with Crippen molar-refractivity contribution < 1.29 is 0 Å². The summed E-state index contributed by atoms with van der Waals surface area (Å²) in [4.78, 5) is 9.67. The molecule has 0 radical (unpaired) electrons. The Morgan fingerprint density at radius 3 is 2.20 bits per heavy atom. The van der Waals surface area contributed by atoms with Crippen LogP contribution in [-0.2, 0) is 6.42 Å². The molecule has 0 bridgehead atoms. The first kappa shape index (κ1) is 21.4. The Hall–Kier alpha value is -5.48. The van der Waals surface area contributed by atoms with Crippen molar-refractivity contribution in [2.45, 2.75) is 6.42 Å². The molecule has 0 atom stereocenters. The highest BCUT2D eigenvalue weighted by Crippen LogP contribution is 2.45. The average molecular weight is 523 g/mol. The summed E-state index contributed by atoms with van der Waals surface area (Å²) < 4.78 is 4.70. The van der Waals surface area contributed by atoms with Gasteiger partial charge in [0, 0.05) is 39.6 Å². The minimum absolute atomic E-state index is 0.907. The van der Waals surface area contributed by atoms with Gasteiger partial charge in [0.1, 0.15) is 5.65 Å². The van der Waals surface area contributed by atoms with Gasteiger partial charge in [-0.25, -0.2) is 4.98 Å². The van der Waals surface area contributed by atoms with Crippen molar-refractivity contribution in [3.63, 3.8) is 0 Å². The smallest absolute Gasteiger partial charge is 0.146 e. The molecular formula is C37H22N4. The lowest BCUT2D eigenvalue weighted by molar-refractivity contribution is 1.17. The standard InChI is InChI=1S/C37H22N4/c1-2-8-24(9-3-1)40-33-12-6-4-10-25(33)29-20-27-23(18-36(29)40)16-22-17-30-28(19-26(22)27)31-21-38-15-14-34(31)41-35-13-7-5-11-32(35)39-37(30)41/h1-15,17-21H,16H2. The fourth-order valence-electron chi connectivity index (χ4n) is 7.21. The van der Waals surface area contributed by atoms with Crippen LogP contribution in [0.3, 0.4) is 0 Å². The SMILES string of the molecule is c1ccc(-n2c3ccccc3c3cc4c(cc32)Cc2cc3c(cc2-4)c2cnccc2n2c4ccccc4nc32)cc1. The van der Waals surface area contributed by atoms with Crippen molar-refractivity contribution in [2.75, 3.05) is 0 Å². The highest BCUT2D eigenvalue weighted by atomic mass is 15.0. The molecule has 1 aliphatic rings. The minimum atomic E-state index is 0.907. The Bertz CT molecular complexity index is 2550. The van der Waals surface area contributed by atoms with Crippen LogP contribution in [0.1, 0.15) is 11.1 Å². The summed E-state index contributed by atoms with van der Waals surface area (Å²) in [6.07, 6.45) is 4.79. The maximum absolute atomic E-state index is 5.12. The second-order valence-corrected chi connectivity index (χ2v) is 11.1. The van der Waals surface area contributed by atoms with Gasteiger partial charge in [-0.2, -0.15) is 0 Å². The van der Waals surface area contributed by atoms with Crippen LogP contribution in [0.15, 0.2) is 122 Å². The van der Waals surface area contributed by atoms with E-state index in [-0.39, 0.29) is 0 Å². The molecule has 4 aromatic heterocycles. The molecule has 10 rings (SSSR count). The zero-order chi connectivity index (χ0) is 26.7. The van der Waals surface area contributed by atoms with Crippen LogP contribution in [0.5, 0.6) is 0 Å². The maximum atomic E-state index is 5.12. The van der Waals surface area contributed by atoms with Crippen molar-refractivity contribution in [1.82, 2.24) is 18.9 Å². The molecule has 0 N–H and O–H groups in total. The van der Waals surface area contributed by atoms with Gasteiger partial charge in [-0.05, 0) is 94.7 Å². The summed E-state index contributed by atoms with van der Waals surface area (Å²) >= 11 is 0. The fraction of sp³-hybridized carbons (Fsp3) is 0.0270. The topological polar surface area (TPSA) is 35.1 Å². The third-order valence-corrected chi connectivity index (χ3v) is 8.96. The summed E-state index contributed by atoms with van der Waals surface area (Å²) in [5.41, 5.74) is 13.3. The number of rotatable bonds is 1. The van der Waals surface area contributed by atoms with Gasteiger partial charge in [0.15, 0.2) is 0 Å². The zero-order valence-corrected chi connectivity index (χ0v) is 22.0. The maximum Gasteiger partial charge on any atom is 0.146 e. The molecule has 190 valence electrons. The van der Waals surface area contributed by atoms with Crippen molar-refractivity contribution in [2.24, 2.45) is 0 Å². The third-order valence-electron chi connectivity index (χ3n) is 8.96.